The number of halogens is 2. The van der Waals surface area contributed by atoms with Crippen LogP contribution >= 0.6 is 31.9 Å². The Labute approximate surface area is 128 Å². The van der Waals surface area contributed by atoms with Crippen LogP contribution in [-0.4, -0.2) is 5.91 Å². The lowest BCUT2D eigenvalue weighted by Gasteiger charge is -2.09. The van der Waals surface area contributed by atoms with Crippen LogP contribution in [0, 0.1) is 6.92 Å². The monoisotopic (exact) mass is 382 g/mol. The molecule has 0 unspecified atom stereocenters. The van der Waals surface area contributed by atoms with E-state index >= 15 is 0 Å². The van der Waals surface area contributed by atoms with Crippen molar-refractivity contribution in [3.63, 3.8) is 0 Å². The smallest absolute Gasteiger partial charge is 0.256 e. The second-order valence-electron chi connectivity index (χ2n) is 4.18. The number of aryl methyl sites for hydroxylation is 1. The largest absolute Gasteiger partial charge is 0.398 e. The molecule has 0 aromatic heterocycles. The molecule has 5 heteroatoms. The van der Waals surface area contributed by atoms with Gasteiger partial charge in [0.1, 0.15) is 0 Å². The molecule has 0 aliphatic carbocycles. The van der Waals surface area contributed by atoms with Crippen LogP contribution in [0.25, 0.3) is 0 Å². The molecule has 0 saturated carbocycles. The Morgan fingerprint density at radius 2 is 1.95 bits per heavy atom. The van der Waals surface area contributed by atoms with Gasteiger partial charge in [-0.25, -0.2) is 0 Å². The summed E-state index contributed by atoms with van der Waals surface area (Å²) in [6.45, 7) is 1.97. The average Bonchev–Trinajstić information content (AvgIpc) is 2.31. The van der Waals surface area contributed by atoms with E-state index in [0.29, 0.717) is 15.7 Å². The second-order valence-corrected chi connectivity index (χ2v) is 5.89. The molecule has 0 radical (unpaired) electrons. The van der Waals surface area contributed by atoms with E-state index in [-0.39, 0.29) is 5.91 Å². The fraction of sp³-hybridized carbons (Fsp3) is 0.0714. The number of anilines is 2. The molecule has 1 amide bonds. The molecule has 0 bridgehead atoms. The number of hydrogen-bond donors (Lipinski definition) is 2. The summed E-state index contributed by atoms with van der Waals surface area (Å²) in [5, 5.41) is 2.85. The van der Waals surface area contributed by atoms with Gasteiger partial charge < -0.3 is 11.1 Å². The Morgan fingerprint density at radius 3 is 2.63 bits per heavy atom. The van der Waals surface area contributed by atoms with Gasteiger partial charge in [0.25, 0.3) is 5.91 Å². The van der Waals surface area contributed by atoms with Gasteiger partial charge in [-0.1, -0.05) is 22.0 Å². The van der Waals surface area contributed by atoms with Gasteiger partial charge in [-0.3, -0.25) is 4.79 Å². The van der Waals surface area contributed by atoms with Gasteiger partial charge >= 0.3 is 0 Å². The van der Waals surface area contributed by atoms with E-state index in [0.717, 1.165) is 15.7 Å². The van der Waals surface area contributed by atoms with Gasteiger partial charge in [-0.05, 0) is 58.7 Å². The predicted octanol–water partition coefficient (Wildman–Crippen LogP) is 4.35. The van der Waals surface area contributed by atoms with Crippen LogP contribution in [0.2, 0.25) is 0 Å². The van der Waals surface area contributed by atoms with Crippen molar-refractivity contribution in [3.8, 4) is 0 Å². The predicted molar refractivity (Wildman–Crippen MR) is 85.4 cm³/mol. The zero-order valence-corrected chi connectivity index (χ0v) is 13.4. The van der Waals surface area contributed by atoms with E-state index in [1.54, 1.807) is 18.2 Å². The first-order chi connectivity index (χ1) is 8.97. The molecule has 0 fully saturated rings. The highest BCUT2D eigenvalue weighted by Gasteiger charge is 2.12. The SMILES string of the molecule is Cc1cc(Br)cc(NC(=O)c2cccc(N)c2Br)c1. The normalized spacial score (nSPS) is 10.3. The third-order valence-corrected chi connectivity index (χ3v) is 3.92. The number of benzene rings is 2. The molecule has 0 saturated heterocycles. The second kappa shape index (κ2) is 5.75. The highest BCUT2D eigenvalue weighted by atomic mass is 79.9. The fourth-order valence-electron chi connectivity index (χ4n) is 1.73. The van der Waals surface area contributed by atoms with Gasteiger partial charge in [-0.2, -0.15) is 0 Å². The van der Waals surface area contributed by atoms with Crippen LogP contribution in [0.1, 0.15) is 15.9 Å². The quantitative estimate of drug-likeness (QED) is 0.757. The minimum absolute atomic E-state index is 0.198. The van der Waals surface area contributed by atoms with Crippen molar-refractivity contribution < 1.29 is 4.79 Å². The Morgan fingerprint density at radius 1 is 1.21 bits per heavy atom. The summed E-state index contributed by atoms with van der Waals surface area (Å²) in [6, 6.07) is 11.0. The molecular formula is C14H12Br2N2O. The fourth-order valence-corrected chi connectivity index (χ4v) is 2.78. The number of nitrogen functional groups attached to an aromatic ring is 1. The average molecular weight is 384 g/mol. The van der Waals surface area contributed by atoms with Crippen molar-refractivity contribution in [2.24, 2.45) is 0 Å². The molecule has 0 aliphatic heterocycles. The van der Waals surface area contributed by atoms with Crippen molar-refractivity contribution in [2.45, 2.75) is 6.92 Å². The first-order valence-corrected chi connectivity index (χ1v) is 7.18. The van der Waals surface area contributed by atoms with Crippen LogP contribution in [0.3, 0.4) is 0 Å². The van der Waals surface area contributed by atoms with Gasteiger partial charge in [0, 0.05) is 15.8 Å². The Bertz CT molecular complexity index is 621. The molecule has 0 heterocycles. The van der Waals surface area contributed by atoms with E-state index in [2.05, 4.69) is 37.2 Å². The first-order valence-electron chi connectivity index (χ1n) is 5.60. The minimum Gasteiger partial charge on any atom is -0.398 e. The molecule has 0 aliphatic rings. The zero-order valence-electron chi connectivity index (χ0n) is 10.2. The van der Waals surface area contributed by atoms with Crippen LogP contribution < -0.4 is 11.1 Å². The molecular weight excluding hydrogens is 372 g/mol. The number of hydrogen-bond acceptors (Lipinski definition) is 2. The standard InChI is InChI=1S/C14H12Br2N2O/c1-8-5-9(15)7-10(6-8)18-14(19)11-3-2-4-12(17)13(11)16/h2-7H,17H2,1H3,(H,18,19). The molecule has 98 valence electrons. The third kappa shape index (κ3) is 3.36. The van der Waals surface area contributed by atoms with Crippen molar-refractivity contribution >= 4 is 49.1 Å². The van der Waals surface area contributed by atoms with Crippen LogP contribution in [0.15, 0.2) is 45.3 Å². The van der Waals surface area contributed by atoms with Gasteiger partial charge in [0.05, 0.1) is 10.0 Å². The first kappa shape index (κ1) is 14.1. The lowest BCUT2D eigenvalue weighted by Crippen LogP contribution is -2.13. The molecule has 2 rings (SSSR count). The Balaban J connectivity index is 2.28. The summed E-state index contributed by atoms with van der Waals surface area (Å²) < 4.78 is 1.54. The summed E-state index contributed by atoms with van der Waals surface area (Å²) >= 11 is 6.73. The minimum atomic E-state index is -0.198. The van der Waals surface area contributed by atoms with Gasteiger partial charge in [0.15, 0.2) is 0 Å². The molecule has 0 atom stereocenters. The summed E-state index contributed by atoms with van der Waals surface area (Å²) in [5.41, 5.74) is 8.63. The molecule has 2 aromatic rings. The third-order valence-electron chi connectivity index (χ3n) is 2.57. The van der Waals surface area contributed by atoms with Crippen molar-refractivity contribution in [2.75, 3.05) is 11.1 Å². The number of carbonyl (C=O) groups excluding carboxylic acids is 1. The van der Waals surface area contributed by atoms with Crippen LogP contribution in [0.5, 0.6) is 0 Å². The van der Waals surface area contributed by atoms with Crippen LogP contribution in [0.4, 0.5) is 11.4 Å². The Kier molecular flexibility index (Phi) is 4.27. The van der Waals surface area contributed by atoms with E-state index < -0.39 is 0 Å². The summed E-state index contributed by atoms with van der Waals surface area (Å²) in [6.07, 6.45) is 0. The molecule has 3 N–H and O–H groups in total. The lowest BCUT2D eigenvalue weighted by molar-refractivity contribution is 0.102. The maximum Gasteiger partial charge on any atom is 0.256 e. The number of nitrogens with one attached hydrogen (secondary N) is 1. The van der Waals surface area contributed by atoms with Crippen molar-refractivity contribution in [3.05, 3.63) is 56.5 Å². The van der Waals surface area contributed by atoms with Gasteiger partial charge in [0.2, 0.25) is 0 Å². The number of carbonyl (C=O) groups is 1. The number of nitrogens with two attached hydrogens (primary N) is 1. The highest BCUT2D eigenvalue weighted by Crippen LogP contribution is 2.25. The molecule has 0 spiro atoms. The maximum atomic E-state index is 12.2. The van der Waals surface area contributed by atoms with Crippen molar-refractivity contribution in [1.29, 1.82) is 0 Å². The number of amides is 1. The van der Waals surface area contributed by atoms with Crippen LogP contribution in [-0.2, 0) is 0 Å². The lowest BCUT2D eigenvalue weighted by atomic mass is 10.1. The topological polar surface area (TPSA) is 55.1 Å². The highest BCUT2D eigenvalue weighted by molar-refractivity contribution is 9.11. The summed E-state index contributed by atoms with van der Waals surface area (Å²) in [5.74, 6) is -0.198. The molecule has 2 aromatic carbocycles. The Hall–Kier alpha value is -1.33. The maximum absolute atomic E-state index is 12.2. The summed E-state index contributed by atoms with van der Waals surface area (Å²) in [7, 11) is 0. The van der Waals surface area contributed by atoms with Crippen molar-refractivity contribution in [1.82, 2.24) is 0 Å². The van der Waals surface area contributed by atoms with E-state index in [1.165, 1.54) is 0 Å². The zero-order chi connectivity index (χ0) is 14.0. The summed E-state index contributed by atoms with van der Waals surface area (Å²) in [4.78, 5) is 12.2. The van der Waals surface area contributed by atoms with E-state index in [1.807, 2.05) is 25.1 Å². The number of rotatable bonds is 2. The van der Waals surface area contributed by atoms with E-state index in [9.17, 15) is 4.79 Å². The molecule has 19 heavy (non-hydrogen) atoms. The van der Waals surface area contributed by atoms with Gasteiger partial charge in [-0.15, -0.1) is 0 Å². The van der Waals surface area contributed by atoms with E-state index in [4.69, 9.17) is 5.73 Å². The molecule has 3 nitrogen and oxygen atoms in total.